The normalized spacial score (nSPS) is 10.5. The first-order chi connectivity index (χ1) is 12.8. The van der Waals surface area contributed by atoms with Crippen molar-refractivity contribution in [2.24, 2.45) is 5.73 Å². The number of nitrogen functional groups attached to an aromatic ring is 1. The third-order valence-corrected chi connectivity index (χ3v) is 4.19. The van der Waals surface area contributed by atoms with E-state index in [1.165, 1.54) is 7.11 Å². The molecule has 0 saturated carbocycles. The molecule has 1 aromatic heterocycles. The molecular formula is C20H24N4O3. The van der Waals surface area contributed by atoms with Gasteiger partial charge < -0.3 is 20.9 Å². The topological polar surface area (TPSA) is 124 Å². The van der Waals surface area contributed by atoms with Crippen LogP contribution >= 0.6 is 0 Å². The molecule has 0 bridgehead atoms. The van der Waals surface area contributed by atoms with E-state index in [0.29, 0.717) is 23.5 Å². The molecule has 2 rings (SSSR count). The van der Waals surface area contributed by atoms with E-state index >= 15 is 0 Å². The predicted octanol–water partition coefficient (Wildman–Crippen LogP) is 2.76. The number of carbonyl (C=O) groups excluding carboxylic acids is 1. The summed E-state index contributed by atoms with van der Waals surface area (Å²) in [4.78, 5) is 15.4. The van der Waals surface area contributed by atoms with Crippen LogP contribution < -0.4 is 20.9 Å². The second-order valence-electron chi connectivity index (χ2n) is 6.35. The van der Waals surface area contributed by atoms with Crippen molar-refractivity contribution in [3.63, 3.8) is 0 Å². The summed E-state index contributed by atoms with van der Waals surface area (Å²) in [5, 5.41) is 9.66. The number of benzene rings is 1. The standard InChI is InChI=1S/C20H24N4O3/c1-5-13-18(14(9-21)20(23)24-19(13)11(2)3)12-6-7-15(16(8-12)26-4)27-10-17(22)25/h6-8,11H,5,10H2,1-4H3,(H2,22,25)(H2,23,24). The number of hydrogen-bond donors (Lipinski definition) is 2. The number of ether oxygens (including phenoxy) is 2. The number of aromatic nitrogens is 1. The van der Waals surface area contributed by atoms with Crippen LogP contribution in [-0.2, 0) is 11.2 Å². The minimum atomic E-state index is -0.579. The number of anilines is 1. The fourth-order valence-electron chi connectivity index (χ4n) is 3.02. The summed E-state index contributed by atoms with van der Waals surface area (Å²) in [6.07, 6.45) is 0.701. The van der Waals surface area contributed by atoms with Crippen LogP contribution in [0.5, 0.6) is 11.5 Å². The summed E-state index contributed by atoms with van der Waals surface area (Å²) in [7, 11) is 1.50. The lowest BCUT2D eigenvalue weighted by Gasteiger charge is -2.19. The second-order valence-corrected chi connectivity index (χ2v) is 6.35. The van der Waals surface area contributed by atoms with Crippen LogP contribution in [0.25, 0.3) is 11.1 Å². The average molecular weight is 368 g/mol. The van der Waals surface area contributed by atoms with Gasteiger partial charge in [0.2, 0.25) is 0 Å². The summed E-state index contributed by atoms with van der Waals surface area (Å²) in [5.74, 6) is 0.615. The summed E-state index contributed by atoms with van der Waals surface area (Å²) >= 11 is 0. The van der Waals surface area contributed by atoms with Crippen molar-refractivity contribution in [2.75, 3.05) is 19.5 Å². The van der Waals surface area contributed by atoms with Crippen LogP contribution in [-0.4, -0.2) is 24.6 Å². The van der Waals surface area contributed by atoms with Gasteiger partial charge in [-0.1, -0.05) is 26.8 Å². The van der Waals surface area contributed by atoms with E-state index in [1.807, 2.05) is 20.8 Å². The molecule has 4 N–H and O–H groups in total. The van der Waals surface area contributed by atoms with Gasteiger partial charge in [-0.2, -0.15) is 5.26 Å². The Kier molecular flexibility index (Phi) is 6.24. The Bertz CT molecular complexity index is 901. The molecule has 1 heterocycles. The summed E-state index contributed by atoms with van der Waals surface area (Å²) in [5.41, 5.74) is 14.9. The molecular weight excluding hydrogens is 344 g/mol. The lowest BCUT2D eigenvalue weighted by atomic mass is 9.89. The Hall–Kier alpha value is -3.27. The smallest absolute Gasteiger partial charge is 0.255 e. The number of pyridine rings is 1. The van der Waals surface area contributed by atoms with Crippen molar-refractivity contribution in [1.29, 1.82) is 5.26 Å². The average Bonchev–Trinajstić information content (AvgIpc) is 2.65. The van der Waals surface area contributed by atoms with Crippen LogP contribution in [0.3, 0.4) is 0 Å². The summed E-state index contributed by atoms with van der Waals surface area (Å²) in [6, 6.07) is 7.42. The molecule has 0 spiro atoms. The Morgan fingerprint density at radius 1 is 1.33 bits per heavy atom. The number of amides is 1. The highest BCUT2D eigenvalue weighted by Gasteiger charge is 2.21. The Morgan fingerprint density at radius 3 is 2.56 bits per heavy atom. The van der Waals surface area contributed by atoms with Gasteiger partial charge in [0.15, 0.2) is 18.1 Å². The number of primary amides is 1. The summed E-state index contributed by atoms with van der Waals surface area (Å²) in [6.45, 7) is 5.85. The van der Waals surface area contributed by atoms with Gasteiger partial charge >= 0.3 is 0 Å². The van der Waals surface area contributed by atoms with Crippen molar-refractivity contribution in [3.05, 3.63) is 35.0 Å². The van der Waals surface area contributed by atoms with Crippen LogP contribution in [0.15, 0.2) is 18.2 Å². The number of carbonyl (C=O) groups is 1. The number of rotatable bonds is 7. The third-order valence-electron chi connectivity index (χ3n) is 4.19. The molecule has 0 saturated heterocycles. The van der Waals surface area contributed by atoms with Crippen molar-refractivity contribution in [3.8, 4) is 28.7 Å². The molecule has 0 atom stereocenters. The first-order valence-corrected chi connectivity index (χ1v) is 8.65. The minimum Gasteiger partial charge on any atom is -0.493 e. The molecule has 142 valence electrons. The highest BCUT2D eigenvalue weighted by Crippen LogP contribution is 2.39. The van der Waals surface area contributed by atoms with Crippen LogP contribution in [0.2, 0.25) is 0 Å². The Labute approximate surface area is 158 Å². The second kappa shape index (κ2) is 8.41. The molecule has 0 aliphatic heterocycles. The van der Waals surface area contributed by atoms with Crippen molar-refractivity contribution < 1.29 is 14.3 Å². The largest absolute Gasteiger partial charge is 0.493 e. The van der Waals surface area contributed by atoms with Crippen molar-refractivity contribution in [2.45, 2.75) is 33.1 Å². The molecule has 0 aliphatic carbocycles. The van der Waals surface area contributed by atoms with Crippen molar-refractivity contribution in [1.82, 2.24) is 4.98 Å². The molecule has 0 aliphatic rings. The van der Waals surface area contributed by atoms with E-state index in [4.69, 9.17) is 20.9 Å². The lowest BCUT2D eigenvalue weighted by Crippen LogP contribution is -2.20. The van der Waals surface area contributed by atoms with Gasteiger partial charge in [0.05, 0.1) is 7.11 Å². The predicted molar refractivity (Wildman–Crippen MR) is 104 cm³/mol. The quantitative estimate of drug-likeness (QED) is 0.774. The zero-order valence-electron chi connectivity index (χ0n) is 16.0. The number of nitriles is 1. The van der Waals surface area contributed by atoms with Crippen LogP contribution in [0, 0.1) is 11.3 Å². The molecule has 2 aromatic rings. The fraction of sp³-hybridized carbons (Fsp3) is 0.350. The van der Waals surface area contributed by atoms with Gasteiger partial charge in [-0.15, -0.1) is 0 Å². The Morgan fingerprint density at radius 2 is 2.04 bits per heavy atom. The lowest BCUT2D eigenvalue weighted by molar-refractivity contribution is -0.119. The number of hydrogen-bond acceptors (Lipinski definition) is 6. The number of nitrogens with two attached hydrogens (primary N) is 2. The van der Waals surface area contributed by atoms with E-state index < -0.39 is 5.91 Å². The molecule has 7 heteroatoms. The molecule has 0 fully saturated rings. The minimum absolute atomic E-state index is 0.161. The molecule has 1 amide bonds. The van der Waals surface area contributed by atoms with Gasteiger partial charge in [-0.25, -0.2) is 4.98 Å². The maximum absolute atomic E-state index is 11.0. The highest BCUT2D eigenvalue weighted by atomic mass is 16.5. The van der Waals surface area contributed by atoms with Gasteiger partial charge in [-0.05, 0) is 35.6 Å². The molecule has 7 nitrogen and oxygen atoms in total. The Balaban J connectivity index is 2.70. The third kappa shape index (κ3) is 4.11. The van der Waals surface area contributed by atoms with Gasteiger partial charge in [0, 0.05) is 11.3 Å². The van der Waals surface area contributed by atoms with Gasteiger partial charge in [-0.3, -0.25) is 4.79 Å². The maximum Gasteiger partial charge on any atom is 0.255 e. The molecule has 27 heavy (non-hydrogen) atoms. The zero-order valence-corrected chi connectivity index (χ0v) is 16.0. The molecule has 0 unspecified atom stereocenters. The molecule has 0 radical (unpaired) electrons. The van der Waals surface area contributed by atoms with Crippen LogP contribution in [0.1, 0.15) is 43.5 Å². The van der Waals surface area contributed by atoms with Crippen LogP contribution in [0.4, 0.5) is 5.82 Å². The number of methoxy groups -OCH3 is 1. The van der Waals surface area contributed by atoms with Crippen molar-refractivity contribution >= 4 is 11.7 Å². The zero-order chi connectivity index (χ0) is 20.1. The maximum atomic E-state index is 11.0. The van der Waals surface area contributed by atoms with Gasteiger partial charge in [0.25, 0.3) is 5.91 Å². The van der Waals surface area contributed by atoms with E-state index in [0.717, 1.165) is 22.4 Å². The first kappa shape index (κ1) is 20.0. The number of nitrogens with zero attached hydrogens (tertiary/aromatic N) is 2. The molecule has 1 aromatic carbocycles. The van der Waals surface area contributed by atoms with E-state index in [9.17, 15) is 10.1 Å². The SMILES string of the molecule is CCc1c(C(C)C)nc(N)c(C#N)c1-c1ccc(OCC(N)=O)c(OC)c1. The first-order valence-electron chi connectivity index (χ1n) is 8.65. The van der Waals surface area contributed by atoms with E-state index in [-0.39, 0.29) is 18.3 Å². The van der Waals surface area contributed by atoms with E-state index in [1.54, 1.807) is 18.2 Å². The highest BCUT2D eigenvalue weighted by molar-refractivity contribution is 5.81. The monoisotopic (exact) mass is 368 g/mol. The van der Waals surface area contributed by atoms with E-state index in [2.05, 4.69) is 11.1 Å². The fourth-order valence-corrected chi connectivity index (χ4v) is 3.02. The van der Waals surface area contributed by atoms with Gasteiger partial charge in [0.1, 0.15) is 17.5 Å². The summed E-state index contributed by atoms with van der Waals surface area (Å²) < 4.78 is 10.8.